The first kappa shape index (κ1) is 20.7. The van der Waals surface area contributed by atoms with Gasteiger partial charge in [-0.2, -0.15) is 4.98 Å². The van der Waals surface area contributed by atoms with E-state index < -0.39 is 5.69 Å². The fourth-order valence-corrected chi connectivity index (χ4v) is 4.02. The Kier molecular flexibility index (Phi) is 5.79. The van der Waals surface area contributed by atoms with Crippen LogP contribution in [0.15, 0.2) is 47.3 Å². The van der Waals surface area contributed by atoms with Crippen molar-refractivity contribution in [2.45, 2.75) is 46.2 Å². The van der Waals surface area contributed by atoms with Crippen molar-refractivity contribution in [1.29, 1.82) is 0 Å². The van der Waals surface area contributed by atoms with Gasteiger partial charge in [-0.15, -0.1) is 0 Å². The lowest BCUT2D eigenvalue weighted by molar-refractivity contribution is -0.133. The molecule has 1 atom stereocenters. The number of hydrogen-bond donors (Lipinski definition) is 1. The van der Waals surface area contributed by atoms with Gasteiger partial charge in [-0.1, -0.05) is 12.1 Å². The number of amides is 1. The zero-order valence-electron chi connectivity index (χ0n) is 18.0. The van der Waals surface area contributed by atoms with Gasteiger partial charge in [0.15, 0.2) is 0 Å². The number of hydrogen-bond acceptors (Lipinski definition) is 6. The summed E-state index contributed by atoms with van der Waals surface area (Å²) in [5, 5.41) is 3.23. The second-order valence-electron chi connectivity index (χ2n) is 7.89. The van der Waals surface area contributed by atoms with Gasteiger partial charge in [0, 0.05) is 23.6 Å². The minimum atomic E-state index is -0.392. The molecule has 1 N–H and O–H groups in total. The number of rotatable bonds is 5. The first-order valence-corrected chi connectivity index (χ1v) is 10.4. The van der Waals surface area contributed by atoms with Crippen molar-refractivity contribution in [3.05, 3.63) is 75.7 Å². The first-order valence-electron chi connectivity index (χ1n) is 10.4. The SMILES string of the molecule is Cc1cccc(Nc2cccc([C@@H]3CCCN3C(=O)Cn3c(C)cc(C)nc3=O)n2)n1. The van der Waals surface area contributed by atoms with E-state index in [1.807, 2.05) is 61.2 Å². The van der Waals surface area contributed by atoms with E-state index in [4.69, 9.17) is 4.98 Å². The Morgan fingerprint density at radius 1 is 1.03 bits per heavy atom. The Morgan fingerprint density at radius 3 is 2.52 bits per heavy atom. The van der Waals surface area contributed by atoms with Gasteiger partial charge in [-0.05, 0) is 63.9 Å². The summed E-state index contributed by atoms with van der Waals surface area (Å²) in [7, 11) is 0. The highest BCUT2D eigenvalue weighted by Gasteiger charge is 2.31. The third-order valence-electron chi connectivity index (χ3n) is 5.47. The minimum Gasteiger partial charge on any atom is -0.333 e. The van der Waals surface area contributed by atoms with Crippen LogP contribution < -0.4 is 11.0 Å². The minimum absolute atomic E-state index is 0.0143. The normalized spacial score (nSPS) is 15.8. The topological polar surface area (TPSA) is 93.0 Å². The molecule has 1 aliphatic heterocycles. The zero-order valence-corrected chi connectivity index (χ0v) is 18.0. The van der Waals surface area contributed by atoms with Crippen LogP contribution in [-0.2, 0) is 11.3 Å². The molecule has 160 valence electrons. The van der Waals surface area contributed by atoms with Gasteiger partial charge in [0.1, 0.15) is 18.2 Å². The highest BCUT2D eigenvalue weighted by atomic mass is 16.2. The van der Waals surface area contributed by atoms with Crippen molar-refractivity contribution in [1.82, 2.24) is 24.4 Å². The maximum Gasteiger partial charge on any atom is 0.348 e. The third kappa shape index (κ3) is 4.63. The first-order chi connectivity index (χ1) is 14.9. The van der Waals surface area contributed by atoms with Crippen molar-refractivity contribution in [2.24, 2.45) is 0 Å². The van der Waals surface area contributed by atoms with Crippen LogP contribution in [0.4, 0.5) is 11.6 Å². The Balaban J connectivity index is 1.53. The molecule has 1 fully saturated rings. The molecular weight excluding hydrogens is 392 g/mol. The number of pyridine rings is 2. The van der Waals surface area contributed by atoms with E-state index in [2.05, 4.69) is 15.3 Å². The summed E-state index contributed by atoms with van der Waals surface area (Å²) >= 11 is 0. The molecule has 31 heavy (non-hydrogen) atoms. The predicted molar refractivity (Wildman–Crippen MR) is 118 cm³/mol. The van der Waals surface area contributed by atoms with Gasteiger partial charge in [-0.25, -0.2) is 14.8 Å². The number of anilines is 2. The lowest BCUT2D eigenvalue weighted by Gasteiger charge is -2.25. The third-order valence-corrected chi connectivity index (χ3v) is 5.47. The van der Waals surface area contributed by atoms with Crippen molar-refractivity contribution >= 4 is 17.5 Å². The van der Waals surface area contributed by atoms with Crippen LogP contribution in [-0.4, -0.2) is 36.9 Å². The van der Waals surface area contributed by atoms with Gasteiger partial charge >= 0.3 is 5.69 Å². The number of nitrogens with zero attached hydrogens (tertiary/aromatic N) is 5. The molecular formula is C23H26N6O2. The van der Waals surface area contributed by atoms with Gasteiger partial charge in [-0.3, -0.25) is 9.36 Å². The van der Waals surface area contributed by atoms with Crippen LogP contribution in [0, 0.1) is 20.8 Å². The predicted octanol–water partition coefficient (Wildman–Crippen LogP) is 3.07. The second-order valence-corrected chi connectivity index (χ2v) is 7.89. The molecule has 1 amide bonds. The van der Waals surface area contributed by atoms with Crippen molar-refractivity contribution in [2.75, 3.05) is 11.9 Å². The highest BCUT2D eigenvalue weighted by molar-refractivity contribution is 5.77. The molecule has 4 heterocycles. The highest BCUT2D eigenvalue weighted by Crippen LogP contribution is 2.32. The molecule has 3 aromatic rings. The maximum atomic E-state index is 13.1. The molecule has 8 heteroatoms. The van der Waals surface area contributed by atoms with Crippen molar-refractivity contribution < 1.29 is 4.79 Å². The second kappa shape index (κ2) is 8.67. The van der Waals surface area contributed by atoms with E-state index >= 15 is 0 Å². The summed E-state index contributed by atoms with van der Waals surface area (Å²) < 4.78 is 1.43. The summed E-state index contributed by atoms with van der Waals surface area (Å²) in [4.78, 5) is 40.3. The van der Waals surface area contributed by atoms with Gasteiger partial charge in [0.2, 0.25) is 5.91 Å². The standard InChI is InChI=1S/C23H26N6O2/c1-15-7-4-10-20(24-15)27-21-11-5-8-18(26-21)19-9-6-12-28(19)22(30)14-29-17(3)13-16(2)25-23(29)31/h4-5,7-8,10-11,13,19H,6,9,12,14H2,1-3H3,(H,24,26,27)/t19-/m0/s1. The summed E-state index contributed by atoms with van der Waals surface area (Å²) in [6, 6.07) is 13.2. The van der Waals surface area contributed by atoms with Crippen LogP contribution in [0.1, 0.15) is 41.7 Å². The van der Waals surface area contributed by atoms with Gasteiger partial charge in [0.05, 0.1) is 11.7 Å². The molecule has 1 saturated heterocycles. The fourth-order valence-electron chi connectivity index (χ4n) is 4.02. The van der Waals surface area contributed by atoms with E-state index in [0.717, 1.165) is 35.7 Å². The molecule has 3 aromatic heterocycles. The molecule has 0 bridgehead atoms. The summed E-state index contributed by atoms with van der Waals surface area (Å²) in [5.41, 5.74) is 2.74. The number of carbonyl (C=O) groups excluding carboxylic acids is 1. The van der Waals surface area contributed by atoms with Crippen LogP contribution in [0.2, 0.25) is 0 Å². The number of nitrogens with one attached hydrogen (secondary N) is 1. The van der Waals surface area contributed by atoms with Crippen molar-refractivity contribution in [3.63, 3.8) is 0 Å². The molecule has 8 nitrogen and oxygen atoms in total. The van der Waals surface area contributed by atoms with E-state index in [1.165, 1.54) is 4.57 Å². The molecule has 0 spiro atoms. The Hall–Kier alpha value is -3.55. The van der Waals surface area contributed by atoms with Gasteiger partial charge < -0.3 is 10.2 Å². The average molecular weight is 419 g/mol. The van der Waals surface area contributed by atoms with E-state index in [-0.39, 0.29) is 18.5 Å². The van der Waals surface area contributed by atoms with E-state index in [1.54, 1.807) is 6.92 Å². The van der Waals surface area contributed by atoms with Crippen LogP contribution >= 0.6 is 0 Å². The maximum absolute atomic E-state index is 13.1. The molecule has 0 aliphatic carbocycles. The Morgan fingerprint density at radius 2 is 1.77 bits per heavy atom. The van der Waals surface area contributed by atoms with E-state index in [9.17, 15) is 9.59 Å². The monoisotopic (exact) mass is 418 g/mol. The number of likely N-dealkylation sites (tertiary alicyclic amines) is 1. The van der Waals surface area contributed by atoms with E-state index in [0.29, 0.717) is 18.1 Å². The number of carbonyl (C=O) groups is 1. The molecule has 0 unspecified atom stereocenters. The fraction of sp³-hybridized carbons (Fsp3) is 0.348. The quantitative estimate of drug-likeness (QED) is 0.685. The lowest BCUT2D eigenvalue weighted by atomic mass is 10.1. The smallest absolute Gasteiger partial charge is 0.333 e. The van der Waals surface area contributed by atoms with Crippen molar-refractivity contribution in [3.8, 4) is 0 Å². The van der Waals surface area contributed by atoms with Gasteiger partial charge in [0.25, 0.3) is 0 Å². The number of aryl methyl sites for hydroxylation is 3. The summed E-state index contributed by atoms with van der Waals surface area (Å²) in [6.07, 6.45) is 1.74. The molecule has 1 aliphatic rings. The largest absolute Gasteiger partial charge is 0.348 e. The average Bonchev–Trinajstić information content (AvgIpc) is 3.21. The van der Waals surface area contributed by atoms with Crippen LogP contribution in [0.5, 0.6) is 0 Å². The van der Waals surface area contributed by atoms with Crippen LogP contribution in [0.25, 0.3) is 0 Å². The van der Waals surface area contributed by atoms with Crippen LogP contribution in [0.3, 0.4) is 0 Å². The summed E-state index contributed by atoms with van der Waals surface area (Å²) in [6.45, 7) is 6.17. The Labute approximate surface area is 181 Å². The number of aromatic nitrogens is 4. The molecule has 0 aromatic carbocycles. The molecule has 0 radical (unpaired) electrons. The molecule has 0 saturated carbocycles. The lowest BCUT2D eigenvalue weighted by Crippen LogP contribution is -2.37. The summed E-state index contributed by atoms with van der Waals surface area (Å²) in [5.74, 6) is 1.31. The zero-order chi connectivity index (χ0) is 22.0. The molecule has 4 rings (SSSR count). The Bertz CT molecular complexity index is 1170.